The summed E-state index contributed by atoms with van der Waals surface area (Å²) < 4.78 is 82.2. The largest absolute Gasteiger partial charge is 0.471 e. The lowest BCUT2D eigenvalue weighted by atomic mass is 10.1. The molecule has 0 aromatic rings. The fraction of sp³-hybridized carbons (Fsp3) is 0.792. The normalized spacial score (nSPS) is 20.3. The van der Waals surface area contributed by atoms with E-state index in [9.17, 15) is 50.3 Å². The van der Waals surface area contributed by atoms with Crippen LogP contribution in [0.4, 0.5) is 26.3 Å². The maximum atomic E-state index is 12.9. The SMILES string of the molecule is CCCCOC(=O)[C@H](CCCCNC(=O)[C@@H]1CCCN1C(=O)C(F)(F)F)NC(=O)[C@@H]1CCCN1C(=O)C(F)(F)F. The van der Waals surface area contributed by atoms with Crippen molar-refractivity contribution < 1.29 is 55.1 Å². The van der Waals surface area contributed by atoms with Gasteiger partial charge >= 0.3 is 30.1 Å². The van der Waals surface area contributed by atoms with E-state index in [2.05, 4.69) is 10.6 Å². The molecule has 10 nitrogen and oxygen atoms in total. The number of hydrogen-bond acceptors (Lipinski definition) is 6. The first-order chi connectivity index (χ1) is 18.7. The molecule has 0 aliphatic carbocycles. The maximum Gasteiger partial charge on any atom is 0.471 e. The number of halogens is 6. The molecule has 4 amide bonds. The summed E-state index contributed by atoms with van der Waals surface area (Å²) >= 11 is 0. The molecule has 0 unspecified atom stereocenters. The summed E-state index contributed by atoms with van der Waals surface area (Å²) in [7, 11) is 0. The second kappa shape index (κ2) is 14.5. The zero-order valence-corrected chi connectivity index (χ0v) is 22.0. The number of ether oxygens (including phenoxy) is 1. The number of unbranched alkanes of at least 4 members (excludes halogenated alkanes) is 2. The van der Waals surface area contributed by atoms with E-state index >= 15 is 0 Å². The number of carbonyl (C=O) groups excluding carboxylic acids is 5. The van der Waals surface area contributed by atoms with E-state index in [1.54, 1.807) is 0 Å². The molecule has 0 aromatic heterocycles. The maximum absolute atomic E-state index is 12.9. The third-order valence-corrected chi connectivity index (χ3v) is 6.68. The Bertz CT molecular complexity index is 929. The molecule has 3 atom stereocenters. The smallest absolute Gasteiger partial charge is 0.464 e. The number of rotatable bonds is 12. The van der Waals surface area contributed by atoms with Gasteiger partial charge in [0, 0.05) is 19.6 Å². The number of likely N-dealkylation sites (tertiary alicyclic amines) is 2. The van der Waals surface area contributed by atoms with Gasteiger partial charge in [-0.3, -0.25) is 19.2 Å². The van der Waals surface area contributed by atoms with Crippen molar-refractivity contribution >= 4 is 29.6 Å². The Morgan fingerprint density at radius 1 is 0.825 bits per heavy atom. The monoisotopic (exact) mass is 588 g/mol. The van der Waals surface area contributed by atoms with Crippen LogP contribution in [-0.4, -0.2) is 96.1 Å². The number of alkyl halides is 6. The Labute approximate surface area is 227 Å². The van der Waals surface area contributed by atoms with Crippen LogP contribution in [0.3, 0.4) is 0 Å². The Kier molecular flexibility index (Phi) is 12.0. The van der Waals surface area contributed by atoms with Gasteiger partial charge in [-0.15, -0.1) is 0 Å². The van der Waals surface area contributed by atoms with Crippen molar-refractivity contribution in [3.05, 3.63) is 0 Å². The number of nitrogens with zero attached hydrogens (tertiary/aromatic N) is 2. The van der Waals surface area contributed by atoms with E-state index < -0.39 is 60.1 Å². The molecule has 2 rings (SSSR count). The molecule has 2 fully saturated rings. The van der Waals surface area contributed by atoms with Gasteiger partial charge in [0.15, 0.2) is 0 Å². The molecule has 2 aliphatic rings. The highest BCUT2D eigenvalue weighted by atomic mass is 19.4. The zero-order chi connectivity index (χ0) is 30.1. The van der Waals surface area contributed by atoms with Gasteiger partial charge < -0.3 is 25.2 Å². The average Bonchev–Trinajstić information content (AvgIpc) is 3.55. The fourth-order valence-corrected chi connectivity index (χ4v) is 4.63. The topological polar surface area (TPSA) is 125 Å². The minimum absolute atomic E-state index is 0.00534. The third-order valence-electron chi connectivity index (χ3n) is 6.68. The Hall–Kier alpha value is -3.07. The van der Waals surface area contributed by atoms with Crippen LogP contribution in [0.25, 0.3) is 0 Å². The molecular formula is C24H34F6N4O6. The average molecular weight is 589 g/mol. The molecule has 2 saturated heterocycles. The van der Waals surface area contributed by atoms with Gasteiger partial charge in [0.05, 0.1) is 6.61 Å². The molecule has 0 radical (unpaired) electrons. The van der Waals surface area contributed by atoms with E-state index in [1.807, 2.05) is 6.92 Å². The van der Waals surface area contributed by atoms with Crippen molar-refractivity contribution in [2.24, 2.45) is 0 Å². The molecule has 40 heavy (non-hydrogen) atoms. The van der Waals surface area contributed by atoms with Crippen LogP contribution >= 0.6 is 0 Å². The summed E-state index contributed by atoms with van der Waals surface area (Å²) in [6.07, 6.45) is -8.03. The number of amides is 4. The van der Waals surface area contributed by atoms with Crippen molar-refractivity contribution in [2.45, 2.75) is 95.2 Å². The van der Waals surface area contributed by atoms with Gasteiger partial charge in [-0.05, 0) is 51.4 Å². The van der Waals surface area contributed by atoms with Crippen LogP contribution in [0, 0.1) is 0 Å². The Morgan fingerprint density at radius 2 is 1.35 bits per heavy atom. The molecule has 0 saturated carbocycles. The Balaban J connectivity index is 1.91. The molecule has 16 heteroatoms. The first-order valence-corrected chi connectivity index (χ1v) is 13.2. The van der Waals surface area contributed by atoms with Crippen molar-refractivity contribution in [2.75, 3.05) is 26.2 Å². The lowest BCUT2D eigenvalue weighted by Gasteiger charge is -2.26. The number of carbonyl (C=O) groups is 5. The fourth-order valence-electron chi connectivity index (χ4n) is 4.63. The van der Waals surface area contributed by atoms with E-state index in [0.717, 1.165) is 0 Å². The van der Waals surface area contributed by atoms with E-state index in [1.165, 1.54) is 0 Å². The van der Waals surface area contributed by atoms with Crippen molar-refractivity contribution in [3.63, 3.8) is 0 Å². The standard InChI is InChI=1S/C24H34F6N4O6/c1-2-3-14-40-20(37)15(32-19(36)17-10-7-13-34(17)22(39)24(28,29)30)8-4-5-11-31-18(35)16-9-6-12-33(16)21(38)23(25,26)27/h15-17H,2-14H2,1H3,(H,31,35)(H,32,36)/t15-,16-,17-/m0/s1. The van der Waals surface area contributed by atoms with Gasteiger partial charge in [0.2, 0.25) is 11.8 Å². The molecular weight excluding hydrogens is 554 g/mol. The minimum Gasteiger partial charge on any atom is -0.464 e. The van der Waals surface area contributed by atoms with Gasteiger partial charge in [-0.2, -0.15) is 26.3 Å². The van der Waals surface area contributed by atoms with E-state index in [4.69, 9.17) is 4.74 Å². The van der Waals surface area contributed by atoms with Gasteiger partial charge in [0.1, 0.15) is 18.1 Å². The summed E-state index contributed by atoms with van der Waals surface area (Å²) in [6.45, 7) is 1.48. The van der Waals surface area contributed by atoms with Crippen LogP contribution in [0.2, 0.25) is 0 Å². The summed E-state index contributed by atoms with van der Waals surface area (Å²) in [5, 5.41) is 4.86. The first-order valence-electron chi connectivity index (χ1n) is 13.2. The predicted molar refractivity (Wildman–Crippen MR) is 126 cm³/mol. The van der Waals surface area contributed by atoms with E-state index in [0.29, 0.717) is 22.6 Å². The summed E-state index contributed by atoms with van der Waals surface area (Å²) in [5.74, 6) is -6.68. The van der Waals surface area contributed by atoms with Gasteiger partial charge in [-0.1, -0.05) is 13.3 Å². The highest BCUT2D eigenvalue weighted by Gasteiger charge is 2.49. The summed E-state index contributed by atoms with van der Waals surface area (Å²) in [6, 6.07) is -3.87. The molecule has 0 spiro atoms. The molecule has 0 bridgehead atoms. The van der Waals surface area contributed by atoms with Crippen LogP contribution in [0.1, 0.15) is 64.7 Å². The zero-order valence-electron chi connectivity index (χ0n) is 22.0. The summed E-state index contributed by atoms with van der Waals surface area (Å²) in [4.78, 5) is 61.9. The number of hydrogen-bond donors (Lipinski definition) is 2. The van der Waals surface area contributed by atoms with Crippen molar-refractivity contribution in [1.82, 2.24) is 20.4 Å². The number of esters is 1. The van der Waals surface area contributed by atoms with Crippen molar-refractivity contribution in [3.8, 4) is 0 Å². The van der Waals surface area contributed by atoms with Gasteiger partial charge in [0.25, 0.3) is 0 Å². The Morgan fingerprint density at radius 3 is 1.85 bits per heavy atom. The van der Waals surface area contributed by atoms with Crippen LogP contribution in [0.5, 0.6) is 0 Å². The predicted octanol–water partition coefficient (Wildman–Crippen LogP) is 2.21. The molecule has 228 valence electrons. The van der Waals surface area contributed by atoms with Crippen molar-refractivity contribution in [1.29, 1.82) is 0 Å². The second-order valence-electron chi connectivity index (χ2n) is 9.68. The lowest BCUT2D eigenvalue weighted by molar-refractivity contribution is -0.186. The van der Waals surface area contributed by atoms with Crippen LogP contribution < -0.4 is 10.6 Å². The van der Waals surface area contributed by atoms with Crippen LogP contribution in [0.15, 0.2) is 0 Å². The highest BCUT2D eigenvalue weighted by molar-refractivity contribution is 5.92. The molecule has 2 heterocycles. The molecule has 2 N–H and O–H groups in total. The quantitative estimate of drug-likeness (QED) is 0.205. The highest BCUT2D eigenvalue weighted by Crippen LogP contribution is 2.27. The van der Waals surface area contributed by atoms with E-state index in [-0.39, 0.29) is 71.2 Å². The first kappa shape index (κ1) is 33.1. The number of nitrogens with one attached hydrogen (secondary N) is 2. The van der Waals surface area contributed by atoms with Gasteiger partial charge in [-0.25, -0.2) is 4.79 Å². The molecule has 2 aliphatic heterocycles. The second-order valence-corrected chi connectivity index (χ2v) is 9.68. The van der Waals surface area contributed by atoms with Crippen LogP contribution in [-0.2, 0) is 28.7 Å². The minimum atomic E-state index is -5.15. The molecule has 0 aromatic carbocycles. The third kappa shape index (κ3) is 9.25. The lowest BCUT2D eigenvalue weighted by Crippen LogP contribution is -2.53. The summed E-state index contributed by atoms with van der Waals surface area (Å²) in [5.41, 5.74) is 0.